The Balaban J connectivity index is 2.29. The van der Waals surface area contributed by atoms with Crippen LogP contribution >= 0.6 is 0 Å². The molecule has 0 radical (unpaired) electrons. The third-order valence-corrected chi connectivity index (χ3v) is 1.95. The maximum absolute atomic E-state index is 12.0. The van der Waals surface area contributed by atoms with E-state index in [-0.39, 0.29) is 5.82 Å². The van der Waals surface area contributed by atoms with Gasteiger partial charge in [-0.3, -0.25) is 4.79 Å². The number of carbonyl (C=O) groups excluding carboxylic acids is 1. The standard InChI is InChI=1S/C9H7F3N4O/c1-5-2-3-7-13-6(4-16(7)15-5)14-8(17)9(10,11)12/h2-4H,1H3,(H,14,17). The molecule has 8 heteroatoms. The smallest absolute Gasteiger partial charge is 0.301 e. The van der Waals surface area contributed by atoms with Crippen molar-refractivity contribution in [3.8, 4) is 0 Å². The fourth-order valence-electron chi connectivity index (χ4n) is 1.23. The van der Waals surface area contributed by atoms with Crippen molar-refractivity contribution in [3.05, 3.63) is 24.0 Å². The van der Waals surface area contributed by atoms with Crippen LogP contribution in [0.4, 0.5) is 19.0 Å². The van der Waals surface area contributed by atoms with E-state index in [9.17, 15) is 18.0 Å². The van der Waals surface area contributed by atoms with Crippen molar-refractivity contribution in [1.29, 1.82) is 0 Å². The highest BCUT2D eigenvalue weighted by Crippen LogP contribution is 2.17. The molecule has 0 atom stereocenters. The summed E-state index contributed by atoms with van der Waals surface area (Å²) in [6.45, 7) is 1.73. The highest BCUT2D eigenvalue weighted by Gasteiger charge is 2.39. The maximum Gasteiger partial charge on any atom is 0.471 e. The van der Waals surface area contributed by atoms with E-state index in [4.69, 9.17) is 0 Å². The van der Waals surface area contributed by atoms with Gasteiger partial charge in [0.15, 0.2) is 11.5 Å². The fourth-order valence-corrected chi connectivity index (χ4v) is 1.23. The first-order valence-corrected chi connectivity index (χ1v) is 4.57. The number of hydrogen-bond acceptors (Lipinski definition) is 3. The number of hydrogen-bond donors (Lipinski definition) is 1. The van der Waals surface area contributed by atoms with Crippen LogP contribution in [0, 0.1) is 6.92 Å². The van der Waals surface area contributed by atoms with Gasteiger partial charge in [0.25, 0.3) is 0 Å². The van der Waals surface area contributed by atoms with Gasteiger partial charge in [0.1, 0.15) is 0 Å². The van der Waals surface area contributed by atoms with Crippen LogP contribution in [0.2, 0.25) is 0 Å². The Labute approximate surface area is 93.3 Å². The third kappa shape index (κ3) is 2.35. The molecule has 2 heterocycles. The molecule has 0 aromatic carbocycles. The minimum atomic E-state index is -4.93. The Kier molecular flexibility index (Phi) is 2.49. The van der Waals surface area contributed by atoms with Gasteiger partial charge in [-0.05, 0) is 19.1 Å². The van der Waals surface area contributed by atoms with Crippen LogP contribution in [0.25, 0.3) is 5.65 Å². The predicted octanol–water partition coefficient (Wildman–Crippen LogP) is 1.54. The van der Waals surface area contributed by atoms with E-state index in [2.05, 4.69) is 10.1 Å². The quantitative estimate of drug-likeness (QED) is 0.827. The second-order valence-corrected chi connectivity index (χ2v) is 3.36. The summed E-state index contributed by atoms with van der Waals surface area (Å²) in [7, 11) is 0. The molecule has 2 aromatic rings. The van der Waals surface area contributed by atoms with Crippen molar-refractivity contribution < 1.29 is 18.0 Å². The lowest BCUT2D eigenvalue weighted by molar-refractivity contribution is -0.167. The third-order valence-electron chi connectivity index (χ3n) is 1.95. The number of nitrogens with one attached hydrogen (secondary N) is 1. The number of nitrogens with zero attached hydrogens (tertiary/aromatic N) is 3. The minimum Gasteiger partial charge on any atom is -0.301 e. The number of amides is 1. The molecule has 0 saturated heterocycles. The van der Waals surface area contributed by atoms with Gasteiger partial charge in [0.2, 0.25) is 0 Å². The van der Waals surface area contributed by atoms with Crippen LogP contribution in [0.1, 0.15) is 5.69 Å². The number of alkyl halides is 3. The lowest BCUT2D eigenvalue weighted by Crippen LogP contribution is -2.30. The molecule has 17 heavy (non-hydrogen) atoms. The molecule has 0 aliphatic heterocycles. The molecule has 1 amide bonds. The van der Waals surface area contributed by atoms with Crippen LogP contribution in [0.15, 0.2) is 18.3 Å². The van der Waals surface area contributed by atoms with Crippen molar-refractivity contribution >= 4 is 17.4 Å². The van der Waals surface area contributed by atoms with Gasteiger partial charge < -0.3 is 5.32 Å². The van der Waals surface area contributed by atoms with E-state index >= 15 is 0 Å². The van der Waals surface area contributed by atoms with Crippen molar-refractivity contribution in [1.82, 2.24) is 14.6 Å². The Morgan fingerprint density at radius 1 is 1.41 bits per heavy atom. The van der Waals surface area contributed by atoms with Gasteiger partial charge in [0, 0.05) is 0 Å². The van der Waals surface area contributed by atoms with Gasteiger partial charge in [-0.2, -0.15) is 18.3 Å². The monoisotopic (exact) mass is 244 g/mol. The molecule has 0 bridgehead atoms. The molecule has 1 N–H and O–H groups in total. The number of rotatable bonds is 1. The molecule has 0 aliphatic rings. The second kappa shape index (κ2) is 3.72. The molecule has 0 unspecified atom stereocenters. The number of imidazole rings is 1. The van der Waals surface area contributed by atoms with Crippen LogP contribution in [-0.2, 0) is 4.79 Å². The fraction of sp³-hybridized carbons (Fsp3) is 0.222. The van der Waals surface area contributed by atoms with E-state index in [0.29, 0.717) is 11.3 Å². The summed E-state index contributed by atoms with van der Waals surface area (Å²) >= 11 is 0. The predicted molar refractivity (Wildman–Crippen MR) is 52.4 cm³/mol. The first-order chi connectivity index (χ1) is 7.86. The van der Waals surface area contributed by atoms with Crippen molar-refractivity contribution in [3.63, 3.8) is 0 Å². The second-order valence-electron chi connectivity index (χ2n) is 3.36. The SMILES string of the molecule is Cc1ccc2nc(NC(=O)C(F)(F)F)cn2n1. The summed E-state index contributed by atoms with van der Waals surface area (Å²) in [5.74, 6) is -2.25. The van der Waals surface area contributed by atoms with E-state index in [1.54, 1.807) is 24.4 Å². The molecule has 0 fully saturated rings. The summed E-state index contributed by atoms with van der Waals surface area (Å²) in [6, 6.07) is 3.25. The Hall–Kier alpha value is -2.12. The first-order valence-electron chi connectivity index (χ1n) is 4.57. The molecule has 0 spiro atoms. The topological polar surface area (TPSA) is 59.3 Å². The lowest BCUT2D eigenvalue weighted by atomic mass is 10.4. The molecule has 2 aromatic heterocycles. The summed E-state index contributed by atoms with van der Waals surface area (Å²) in [5.41, 5.74) is 1.04. The summed E-state index contributed by atoms with van der Waals surface area (Å²) < 4.78 is 37.3. The van der Waals surface area contributed by atoms with Gasteiger partial charge in [-0.1, -0.05) is 0 Å². The normalized spacial score (nSPS) is 11.8. The van der Waals surface area contributed by atoms with Crippen LogP contribution in [0.5, 0.6) is 0 Å². The number of aromatic nitrogens is 3. The number of halogens is 3. The Morgan fingerprint density at radius 2 is 2.12 bits per heavy atom. The Morgan fingerprint density at radius 3 is 2.76 bits per heavy atom. The van der Waals surface area contributed by atoms with E-state index in [1.807, 2.05) is 0 Å². The molecule has 0 saturated carbocycles. The highest BCUT2D eigenvalue weighted by atomic mass is 19.4. The van der Waals surface area contributed by atoms with Crippen LogP contribution in [0.3, 0.4) is 0 Å². The number of carbonyl (C=O) groups is 1. The van der Waals surface area contributed by atoms with Gasteiger partial charge >= 0.3 is 12.1 Å². The van der Waals surface area contributed by atoms with Crippen LogP contribution < -0.4 is 5.32 Å². The number of aryl methyl sites for hydroxylation is 1. The summed E-state index contributed by atoms with van der Waals surface area (Å²) in [5, 5.41) is 5.64. The average Bonchev–Trinajstić information content (AvgIpc) is 2.57. The largest absolute Gasteiger partial charge is 0.471 e. The zero-order chi connectivity index (χ0) is 12.6. The number of anilines is 1. The first kappa shape index (κ1) is 11.4. The zero-order valence-corrected chi connectivity index (χ0v) is 8.62. The number of fused-ring (bicyclic) bond motifs is 1. The zero-order valence-electron chi connectivity index (χ0n) is 8.62. The minimum absolute atomic E-state index is 0.189. The highest BCUT2D eigenvalue weighted by molar-refractivity contribution is 5.94. The van der Waals surface area contributed by atoms with Crippen LogP contribution in [-0.4, -0.2) is 26.7 Å². The average molecular weight is 244 g/mol. The van der Waals surface area contributed by atoms with Crippen molar-refractivity contribution in [2.24, 2.45) is 0 Å². The van der Waals surface area contributed by atoms with E-state index < -0.39 is 12.1 Å². The maximum atomic E-state index is 12.0. The van der Waals surface area contributed by atoms with Crippen molar-refractivity contribution in [2.45, 2.75) is 13.1 Å². The molecule has 2 rings (SSSR count). The van der Waals surface area contributed by atoms with E-state index in [0.717, 1.165) is 0 Å². The van der Waals surface area contributed by atoms with Gasteiger partial charge in [-0.25, -0.2) is 9.50 Å². The molecule has 90 valence electrons. The van der Waals surface area contributed by atoms with Crippen molar-refractivity contribution in [2.75, 3.05) is 5.32 Å². The van der Waals surface area contributed by atoms with E-state index in [1.165, 1.54) is 10.7 Å². The molecular formula is C9H7F3N4O. The summed E-state index contributed by atoms with van der Waals surface area (Å²) in [6.07, 6.45) is -3.72. The lowest BCUT2D eigenvalue weighted by Gasteiger charge is -2.03. The summed E-state index contributed by atoms with van der Waals surface area (Å²) in [4.78, 5) is 14.4. The van der Waals surface area contributed by atoms with Gasteiger partial charge in [0.05, 0.1) is 11.9 Å². The Bertz CT molecular complexity index is 575. The molecular weight excluding hydrogens is 237 g/mol. The van der Waals surface area contributed by atoms with Gasteiger partial charge in [-0.15, -0.1) is 0 Å². The molecule has 0 aliphatic carbocycles. The molecule has 5 nitrogen and oxygen atoms in total.